The van der Waals surface area contributed by atoms with E-state index in [9.17, 15) is 26.3 Å². The van der Waals surface area contributed by atoms with E-state index in [1.807, 2.05) is 6.07 Å². The molecule has 4 nitrogen and oxygen atoms in total. The number of nitrogens with zero attached hydrogens (tertiary/aromatic N) is 2. The number of benzene rings is 2. The summed E-state index contributed by atoms with van der Waals surface area (Å²) >= 11 is 0. The fourth-order valence-corrected chi connectivity index (χ4v) is 3.60. The molecule has 162 valence electrons. The van der Waals surface area contributed by atoms with Gasteiger partial charge in [-0.3, -0.25) is 5.32 Å². The van der Waals surface area contributed by atoms with E-state index in [4.69, 9.17) is 15.3 Å². The first-order chi connectivity index (χ1) is 14.5. The van der Waals surface area contributed by atoms with Crippen LogP contribution in [0, 0.1) is 22.7 Å². The van der Waals surface area contributed by atoms with Crippen molar-refractivity contribution in [3.05, 3.63) is 64.7 Å². The Kier molecular flexibility index (Phi) is 6.14. The molecule has 1 heterocycles. The molecule has 0 radical (unpaired) electrons. The summed E-state index contributed by atoms with van der Waals surface area (Å²) in [7, 11) is 0. The fourth-order valence-electron chi connectivity index (χ4n) is 3.60. The Balaban J connectivity index is 1.82. The van der Waals surface area contributed by atoms with Crippen LogP contribution in [0.15, 0.2) is 42.5 Å². The van der Waals surface area contributed by atoms with Gasteiger partial charge in [0, 0.05) is 12.0 Å². The monoisotopic (exact) mass is 439 g/mol. The average molecular weight is 439 g/mol. The number of halogens is 6. The summed E-state index contributed by atoms with van der Waals surface area (Å²) in [5.41, 5.74) is -1.66. The van der Waals surface area contributed by atoms with Gasteiger partial charge in [-0.05, 0) is 48.4 Å². The van der Waals surface area contributed by atoms with Crippen LogP contribution in [0.3, 0.4) is 0 Å². The van der Waals surface area contributed by atoms with E-state index >= 15 is 0 Å². The van der Waals surface area contributed by atoms with Crippen LogP contribution in [0.1, 0.15) is 34.6 Å². The largest absolute Gasteiger partial charge is 0.492 e. The lowest BCUT2D eigenvalue weighted by Gasteiger charge is -2.23. The maximum atomic E-state index is 13.6. The van der Waals surface area contributed by atoms with Gasteiger partial charge in [-0.25, -0.2) is 0 Å². The zero-order valence-electron chi connectivity index (χ0n) is 15.8. The third-order valence-electron chi connectivity index (χ3n) is 5.04. The number of ether oxygens (including phenoxy) is 1. The molecule has 0 aliphatic carbocycles. The van der Waals surface area contributed by atoms with Crippen molar-refractivity contribution < 1.29 is 31.1 Å². The Labute approximate surface area is 173 Å². The van der Waals surface area contributed by atoms with E-state index in [2.05, 4.69) is 5.32 Å². The molecule has 0 spiro atoms. The molecule has 0 amide bonds. The van der Waals surface area contributed by atoms with Crippen LogP contribution in [0.5, 0.6) is 5.75 Å². The predicted octanol–water partition coefficient (Wildman–Crippen LogP) is 4.90. The van der Waals surface area contributed by atoms with Gasteiger partial charge in [-0.1, -0.05) is 6.07 Å². The topological polar surface area (TPSA) is 68.8 Å². The highest BCUT2D eigenvalue weighted by molar-refractivity contribution is 5.44. The Morgan fingerprint density at radius 1 is 0.968 bits per heavy atom. The molecular formula is C21H15F6N3O. The summed E-state index contributed by atoms with van der Waals surface area (Å²) in [5, 5.41) is 20.1. The number of rotatable bonds is 4. The minimum atomic E-state index is -4.86. The molecular weight excluding hydrogens is 424 g/mol. The molecule has 1 aliphatic rings. The van der Waals surface area contributed by atoms with E-state index in [1.54, 1.807) is 0 Å². The van der Waals surface area contributed by atoms with E-state index < -0.39 is 41.5 Å². The molecule has 10 heteroatoms. The van der Waals surface area contributed by atoms with Gasteiger partial charge in [0.15, 0.2) is 0 Å². The minimum absolute atomic E-state index is 0.107. The molecule has 3 unspecified atom stereocenters. The number of nitriles is 2. The first-order valence-corrected chi connectivity index (χ1v) is 9.10. The molecule has 31 heavy (non-hydrogen) atoms. The number of alkyl halides is 6. The van der Waals surface area contributed by atoms with Crippen molar-refractivity contribution in [2.75, 3.05) is 6.61 Å². The van der Waals surface area contributed by atoms with E-state index in [0.29, 0.717) is 17.4 Å². The number of nitrogens with one attached hydrogen (secondary N) is 1. The van der Waals surface area contributed by atoms with Gasteiger partial charge in [0.05, 0.1) is 28.8 Å². The molecule has 3 rings (SSSR count). The molecule has 2 aromatic rings. The Morgan fingerprint density at radius 3 is 2.19 bits per heavy atom. The zero-order valence-corrected chi connectivity index (χ0v) is 15.8. The molecule has 1 aliphatic heterocycles. The SMILES string of the molecule is N#Cc1ccc(OCC2CC(c3ccc(C#N)c(C(F)(F)F)c3)C(C(F)(F)F)N2)cc1. The molecule has 1 saturated heterocycles. The quantitative estimate of drug-likeness (QED) is 0.688. The van der Waals surface area contributed by atoms with Gasteiger partial charge in [-0.2, -0.15) is 36.9 Å². The molecule has 0 bridgehead atoms. The van der Waals surface area contributed by atoms with Crippen molar-refractivity contribution in [1.82, 2.24) is 5.32 Å². The standard InChI is InChI=1S/C21H15F6N3O/c22-20(23,24)18-7-13(3-4-14(18)10-29)17-8-15(30-19(17)21(25,26)27)11-31-16-5-1-12(9-28)2-6-16/h1-7,15,17,19,30H,8,11H2. The second kappa shape index (κ2) is 8.48. The van der Waals surface area contributed by atoms with Crippen LogP contribution in [-0.4, -0.2) is 24.9 Å². The fraction of sp³-hybridized carbons (Fsp3) is 0.333. The summed E-state index contributed by atoms with van der Waals surface area (Å²) < 4.78 is 86.0. The van der Waals surface area contributed by atoms with Crippen molar-refractivity contribution in [3.63, 3.8) is 0 Å². The van der Waals surface area contributed by atoms with Gasteiger partial charge in [0.25, 0.3) is 0 Å². The normalized spacial score (nSPS) is 21.4. The lowest BCUT2D eigenvalue weighted by molar-refractivity contribution is -0.156. The second-order valence-corrected chi connectivity index (χ2v) is 7.09. The summed E-state index contributed by atoms with van der Waals surface area (Å²) in [6, 6.07) is 9.16. The lowest BCUT2D eigenvalue weighted by Crippen LogP contribution is -2.44. The highest BCUT2D eigenvalue weighted by Crippen LogP contribution is 2.42. The second-order valence-electron chi connectivity index (χ2n) is 7.09. The first kappa shape index (κ1) is 22.4. The summed E-state index contributed by atoms with van der Waals surface area (Å²) in [6.07, 6.45) is -9.66. The van der Waals surface area contributed by atoms with Crippen LogP contribution in [0.4, 0.5) is 26.3 Å². The van der Waals surface area contributed by atoms with Gasteiger partial charge < -0.3 is 4.74 Å². The highest BCUT2D eigenvalue weighted by atomic mass is 19.4. The van der Waals surface area contributed by atoms with Crippen molar-refractivity contribution in [3.8, 4) is 17.9 Å². The van der Waals surface area contributed by atoms with Gasteiger partial charge in [0.1, 0.15) is 18.4 Å². The van der Waals surface area contributed by atoms with Gasteiger partial charge in [-0.15, -0.1) is 0 Å². The maximum absolute atomic E-state index is 13.6. The predicted molar refractivity (Wildman–Crippen MR) is 96.9 cm³/mol. The molecule has 2 aromatic carbocycles. The molecule has 0 saturated carbocycles. The smallest absolute Gasteiger partial charge is 0.417 e. The van der Waals surface area contributed by atoms with Crippen LogP contribution >= 0.6 is 0 Å². The van der Waals surface area contributed by atoms with Crippen LogP contribution in [0.25, 0.3) is 0 Å². The van der Waals surface area contributed by atoms with Crippen molar-refractivity contribution in [2.45, 2.75) is 36.8 Å². The minimum Gasteiger partial charge on any atom is -0.492 e. The number of hydrogen-bond acceptors (Lipinski definition) is 4. The maximum Gasteiger partial charge on any atom is 0.417 e. The van der Waals surface area contributed by atoms with Crippen molar-refractivity contribution in [1.29, 1.82) is 10.5 Å². The van der Waals surface area contributed by atoms with E-state index in [-0.39, 0.29) is 18.6 Å². The third-order valence-corrected chi connectivity index (χ3v) is 5.04. The Hall–Kier alpha value is -3.24. The Bertz CT molecular complexity index is 1020. The zero-order chi connectivity index (χ0) is 22.8. The number of hydrogen-bond donors (Lipinski definition) is 1. The van der Waals surface area contributed by atoms with E-state index in [1.165, 1.54) is 30.3 Å². The summed E-state index contributed by atoms with van der Waals surface area (Å²) in [6.45, 7) is -0.141. The third kappa shape index (κ3) is 5.09. The van der Waals surface area contributed by atoms with Crippen molar-refractivity contribution >= 4 is 0 Å². The molecule has 1 fully saturated rings. The van der Waals surface area contributed by atoms with Gasteiger partial charge >= 0.3 is 12.4 Å². The lowest BCUT2D eigenvalue weighted by atomic mass is 9.88. The highest BCUT2D eigenvalue weighted by Gasteiger charge is 2.51. The van der Waals surface area contributed by atoms with Crippen molar-refractivity contribution in [2.24, 2.45) is 0 Å². The average Bonchev–Trinajstić information content (AvgIpc) is 3.16. The van der Waals surface area contributed by atoms with Crippen LogP contribution in [0.2, 0.25) is 0 Å². The van der Waals surface area contributed by atoms with E-state index in [0.717, 1.165) is 12.1 Å². The molecule has 1 N–H and O–H groups in total. The van der Waals surface area contributed by atoms with Crippen LogP contribution < -0.4 is 10.1 Å². The molecule has 3 atom stereocenters. The summed E-state index contributed by atoms with van der Waals surface area (Å²) in [5.74, 6) is -0.922. The summed E-state index contributed by atoms with van der Waals surface area (Å²) in [4.78, 5) is 0. The molecule has 0 aromatic heterocycles. The van der Waals surface area contributed by atoms with Gasteiger partial charge in [0.2, 0.25) is 0 Å². The van der Waals surface area contributed by atoms with Crippen LogP contribution in [-0.2, 0) is 6.18 Å². The Morgan fingerprint density at radius 2 is 1.65 bits per heavy atom. The first-order valence-electron chi connectivity index (χ1n) is 9.10.